The van der Waals surface area contributed by atoms with E-state index in [-0.39, 0.29) is 13.2 Å². The minimum atomic E-state index is -0.620. The van der Waals surface area contributed by atoms with Crippen LogP contribution in [0.3, 0.4) is 0 Å². The van der Waals surface area contributed by atoms with Crippen molar-refractivity contribution in [2.45, 2.75) is 39.8 Å². The number of amides is 1. The van der Waals surface area contributed by atoms with E-state index in [1.807, 2.05) is 53.1 Å². The largest absolute Gasteiger partial charge is 0.462 e. The minimum absolute atomic E-state index is 0.101. The molecule has 0 fully saturated rings. The Morgan fingerprint density at radius 2 is 1.80 bits per heavy atom. The van der Waals surface area contributed by atoms with Crippen LogP contribution in [0, 0.1) is 0 Å². The highest BCUT2D eigenvalue weighted by Gasteiger charge is 2.25. The number of carbonyl (C=O) groups excluding carboxylic acids is 2. The molecule has 0 spiro atoms. The molecule has 0 atom stereocenters. The molecule has 0 aliphatic heterocycles. The van der Waals surface area contributed by atoms with E-state index in [0.717, 1.165) is 21.1 Å². The number of carbonyl (C=O) groups is 2. The van der Waals surface area contributed by atoms with Crippen LogP contribution in [0.15, 0.2) is 53.0 Å². The second-order valence-electron chi connectivity index (χ2n) is 7.73. The quantitative estimate of drug-likeness (QED) is 0.491. The van der Waals surface area contributed by atoms with Crippen LogP contribution in [0.2, 0.25) is 0 Å². The van der Waals surface area contributed by atoms with Gasteiger partial charge in [-0.15, -0.1) is 0 Å². The second-order valence-corrected chi connectivity index (χ2v) is 8.65. The lowest BCUT2D eigenvalue weighted by Crippen LogP contribution is -2.33. The Balaban J connectivity index is 2.17. The van der Waals surface area contributed by atoms with E-state index in [9.17, 15) is 9.59 Å². The molecule has 0 aliphatic carbocycles. The number of benzene rings is 2. The van der Waals surface area contributed by atoms with Gasteiger partial charge in [0, 0.05) is 15.5 Å². The van der Waals surface area contributed by atoms with Crippen molar-refractivity contribution in [3.8, 4) is 5.69 Å². The lowest BCUT2D eigenvalue weighted by atomic mass is 10.1. The number of halogens is 1. The highest BCUT2D eigenvalue weighted by molar-refractivity contribution is 9.10. The van der Waals surface area contributed by atoms with Gasteiger partial charge in [0.15, 0.2) is 0 Å². The molecule has 7 heteroatoms. The summed E-state index contributed by atoms with van der Waals surface area (Å²) < 4.78 is 13.5. The number of aromatic nitrogens is 1. The highest BCUT2D eigenvalue weighted by Crippen LogP contribution is 2.32. The first kappa shape index (κ1) is 21.9. The van der Waals surface area contributed by atoms with Crippen molar-refractivity contribution in [2.24, 2.45) is 0 Å². The van der Waals surface area contributed by atoms with Crippen molar-refractivity contribution >= 4 is 38.9 Å². The summed E-state index contributed by atoms with van der Waals surface area (Å²) >= 11 is 3.52. The molecule has 3 aromatic rings. The van der Waals surface area contributed by atoms with Gasteiger partial charge in [-0.25, -0.2) is 9.59 Å². The summed E-state index contributed by atoms with van der Waals surface area (Å²) in [5.41, 5.74) is 2.14. The highest BCUT2D eigenvalue weighted by atomic mass is 79.9. The Morgan fingerprint density at radius 3 is 2.43 bits per heavy atom. The maximum atomic E-state index is 12.9. The molecule has 0 unspecified atom stereocenters. The average molecular weight is 473 g/mol. The maximum Gasteiger partial charge on any atom is 0.407 e. The average Bonchev–Trinajstić information content (AvgIpc) is 2.99. The van der Waals surface area contributed by atoms with E-state index in [1.54, 1.807) is 27.7 Å². The van der Waals surface area contributed by atoms with Crippen molar-refractivity contribution in [1.29, 1.82) is 0 Å². The Bertz CT molecular complexity index is 1070. The van der Waals surface area contributed by atoms with Gasteiger partial charge in [0.25, 0.3) is 0 Å². The summed E-state index contributed by atoms with van der Waals surface area (Å²) in [6, 6.07) is 15.4. The number of esters is 1. The molecular weight excluding hydrogens is 448 g/mol. The fourth-order valence-corrected chi connectivity index (χ4v) is 3.60. The Kier molecular flexibility index (Phi) is 6.51. The van der Waals surface area contributed by atoms with Crippen molar-refractivity contribution < 1.29 is 19.1 Å². The summed E-state index contributed by atoms with van der Waals surface area (Å²) in [6.07, 6.45) is -0.552. The van der Waals surface area contributed by atoms with Gasteiger partial charge in [-0.2, -0.15) is 0 Å². The third kappa shape index (κ3) is 4.84. The normalized spacial score (nSPS) is 11.4. The van der Waals surface area contributed by atoms with Gasteiger partial charge in [-0.05, 0) is 52.0 Å². The molecule has 6 nitrogen and oxygen atoms in total. The van der Waals surface area contributed by atoms with Gasteiger partial charge in [-0.3, -0.25) is 0 Å². The van der Waals surface area contributed by atoms with Crippen LogP contribution in [0.5, 0.6) is 0 Å². The molecule has 3 rings (SSSR count). The van der Waals surface area contributed by atoms with Gasteiger partial charge in [0.05, 0.1) is 29.9 Å². The van der Waals surface area contributed by atoms with Crippen molar-refractivity contribution in [3.63, 3.8) is 0 Å². The molecule has 0 saturated carbocycles. The summed E-state index contributed by atoms with van der Waals surface area (Å²) in [5, 5.41) is 3.53. The van der Waals surface area contributed by atoms with E-state index >= 15 is 0 Å². The number of rotatable bonds is 5. The number of nitrogens with one attached hydrogen (secondary N) is 1. The first-order valence-electron chi connectivity index (χ1n) is 9.73. The molecule has 1 N–H and O–H groups in total. The van der Waals surface area contributed by atoms with E-state index in [0.29, 0.717) is 11.3 Å². The predicted octanol–water partition coefficient (Wildman–Crippen LogP) is 5.59. The molecular formula is C23H25BrN2O4. The van der Waals surface area contributed by atoms with Gasteiger partial charge < -0.3 is 19.4 Å². The van der Waals surface area contributed by atoms with E-state index in [4.69, 9.17) is 9.47 Å². The standard InChI is InChI=1S/C23H25BrN2O4/c1-5-29-21(27)20-17-12-11-15(24)13-18(17)26(16-9-7-6-8-10-16)19(20)14-25-22(28)30-23(2,3)4/h6-13H,5,14H2,1-4H3,(H,25,28). The van der Waals surface area contributed by atoms with Gasteiger partial charge >= 0.3 is 12.1 Å². The molecule has 1 amide bonds. The second kappa shape index (κ2) is 8.92. The lowest BCUT2D eigenvalue weighted by Gasteiger charge is -2.20. The topological polar surface area (TPSA) is 69.6 Å². The maximum absolute atomic E-state index is 12.9. The van der Waals surface area contributed by atoms with Crippen molar-refractivity contribution in [3.05, 3.63) is 64.3 Å². The number of para-hydroxylation sites is 1. The zero-order valence-electron chi connectivity index (χ0n) is 17.5. The molecule has 0 saturated heterocycles. The first-order chi connectivity index (χ1) is 14.2. The molecule has 0 bridgehead atoms. The van der Waals surface area contributed by atoms with Crippen LogP contribution in [0.25, 0.3) is 16.6 Å². The SMILES string of the molecule is CCOC(=O)c1c(CNC(=O)OC(C)(C)C)n(-c2ccccc2)c2cc(Br)ccc12. The third-order valence-corrected chi connectivity index (χ3v) is 4.81. The summed E-state index contributed by atoms with van der Waals surface area (Å²) in [4.78, 5) is 25.2. The molecule has 0 aliphatic rings. The molecule has 2 aromatic carbocycles. The van der Waals surface area contributed by atoms with Gasteiger partial charge in [-0.1, -0.05) is 40.2 Å². The van der Waals surface area contributed by atoms with Gasteiger partial charge in [0.1, 0.15) is 5.60 Å². The molecule has 30 heavy (non-hydrogen) atoms. The summed E-state index contributed by atoms with van der Waals surface area (Å²) in [6.45, 7) is 7.53. The van der Waals surface area contributed by atoms with Crippen LogP contribution in [0.4, 0.5) is 4.79 Å². The minimum Gasteiger partial charge on any atom is -0.462 e. The third-order valence-electron chi connectivity index (χ3n) is 4.32. The number of hydrogen-bond acceptors (Lipinski definition) is 4. The van der Waals surface area contributed by atoms with Gasteiger partial charge in [0.2, 0.25) is 0 Å². The Morgan fingerprint density at radius 1 is 1.10 bits per heavy atom. The van der Waals surface area contributed by atoms with Crippen LogP contribution < -0.4 is 5.32 Å². The fourth-order valence-electron chi connectivity index (χ4n) is 3.25. The number of ether oxygens (including phenoxy) is 2. The Hall–Kier alpha value is -2.80. The van der Waals surface area contributed by atoms with Crippen molar-refractivity contribution in [1.82, 2.24) is 9.88 Å². The fraction of sp³-hybridized carbons (Fsp3) is 0.304. The van der Waals surface area contributed by atoms with Crippen LogP contribution in [-0.4, -0.2) is 28.8 Å². The molecule has 1 aromatic heterocycles. The number of alkyl carbamates (subject to hydrolysis) is 1. The first-order valence-corrected chi connectivity index (χ1v) is 10.5. The molecule has 0 radical (unpaired) electrons. The number of nitrogens with zero attached hydrogens (tertiary/aromatic N) is 1. The van der Waals surface area contributed by atoms with Crippen LogP contribution in [0.1, 0.15) is 43.7 Å². The zero-order chi connectivity index (χ0) is 21.9. The Labute approximate surface area is 184 Å². The predicted molar refractivity (Wildman–Crippen MR) is 120 cm³/mol. The van der Waals surface area contributed by atoms with E-state index in [1.165, 1.54) is 0 Å². The summed E-state index contributed by atoms with van der Waals surface area (Å²) in [5.74, 6) is -0.430. The number of hydrogen-bond donors (Lipinski definition) is 1. The lowest BCUT2D eigenvalue weighted by molar-refractivity contribution is 0.0502. The van der Waals surface area contributed by atoms with Crippen molar-refractivity contribution in [2.75, 3.05) is 6.61 Å². The smallest absolute Gasteiger partial charge is 0.407 e. The zero-order valence-corrected chi connectivity index (χ0v) is 19.1. The van der Waals surface area contributed by atoms with Crippen LogP contribution >= 0.6 is 15.9 Å². The van der Waals surface area contributed by atoms with E-state index in [2.05, 4.69) is 21.2 Å². The number of fused-ring (bicyclic) bond motifs is 1. The van der Waals surface area contributed by atoms with Crippen LogP contribution in [-0.2, 0) is 16.0 Å². The monoisotopic (exact) mass is 472 g/mol. The van der Waals surface area contributed by atoms with E-state index < -0.39 is 17.7 Å². The molecule has 158 valence electrons. The molecule has 1 heterocycles. The summed E-state index contributed by atoms with van der Waals surface area (Å²) in [7, 11) is 0.